The number of fused-ring (bicyclic) bond motifs is 1. The molecule has 0 N–H and O–H groups in total. The van der Waals surface area contributed by atoms with Crippen molar-refractivity contribution in [3.05, 3.63) is 23.8 Å². The van der Waals surface area contributed by atoms with Crippen molar-refractivity contribution >= 4 is 11.0 Å². The van der Waals surface area contributed by atoms with E-state index in [4.69, 9.17) is 0 Å². The molecule has 2 heterocycles. The van der Waals surface area contributed by atoms with E-state index in [9.17, 15) is 13.2 Å². The average molecular weight is 257 g/mol. The van der Waals surface area contributed by atoms with Gasteiger partial charge in [-0.05, 0) is 12.5 Å². The van der Waals surface area contributed by atoms with Crippen molar-refractivity contribution in [3.63, 3.8) is 0 Å². The van der Waals surface area contributed by atoms with Gasteiger partial charge in [0.1, 0.15) is 11.5 Å². The van der Waals surface area contributed by atoms with Gasteiger partial charge in [-0.15, -0.1) is 0 Å². The Morgan fingerprint density at radius 2 is 2.06 bits per heavy atom. The fraction of sp³-hybridized carbons (Fsp3) is 0.500. The summed E-state index contributed by atoms with van der Waals surface area (Å²) in [5.41, 5.74) is 0.0669. The van der Waals surface area contributed by atoms with Crippen LogP contribution in [0.2, 0.25) is 0 Å². The molecule has 6 heteroatoms. The minimum atomic E-state index is -4.43. The Morgan fingerprint density at radius 3 is 2.61 bits per heavy atom. The van der Waals surface area contributed by atoms with Crippen LogP contribution in [-0.2, 0) is 13.2 Å². The molecular formula is C12H14F3N3. The van der Waals surface area contributed by atoms with Gasteiger partial charge in [0.05, 0.1) is 17.2 Å². The second-order valence-electron chi connectivity index (χ2n) is 4.39. The molecule has 1 atom stereocenters. The second kappa shape index (κ2) is 4.26. The predicted molar refractivity (Wildman–Crippen MR) is 62.2 cm³/mol. The number of rotatable bonds is 2. The summed E-state index contributed by atoms with van der Waals surface area (Å²) < 4.78 is 39.5. The highest BCUT2D eigenvalue weighted by Crippen LogP contribution is 2.30. The Morgan fingerprint density at radius 1 is 1.39 bits per heavy atom. The van der Waals surface area contributed by atoms with Gasteiger partial charge in [-0.3, -0.25) is 0 Å². The lowest BCUT2D eigenvalue weighted by Gasteiger charge is -2.08. The summed E-state index contributed by atoms with van der Waals surface area (Å²) in [7, 11) is 1.80. The van der Waals surface area contributed by atoms with Crippen LogP contribution in [0.4, 0.5) is 13.2 Å². The van der Waals surface area contributed by atoms with Crippen molar-refractivity contribution in [2.24, 2.45) is 7.05 Å². The lowest BCUT2D eigenvalue weighted by molar-refractivity contribution is -0.141. The number of hydrogen-bond donors (Lipinski definition) is 0. The van der Waals surface area contributed by atoms with Gasteiger partial charge in [0.2, 0.25) is 0 Å². The molecule has 0 aliphatic heterocycles. The normalized spacial score (nSPS) is 14.1. The van der Waals surface area contributed by atoms with E-state index in [2.05, 4.69) is 9.97 Å². The molecule has 0 fully saturated rings. The van der Waals surface area contributed by atoms with E-state index >= 15 is 0 Å². The van der Waals surface area contributed by atoms with Crippen LogP contribution < -0.4 is 0 Å². The Balaban J connectivity index is 2.59. The number of imidazole rings is 1. The maximum absolute atomic E-state index is 12.6. The summed E-state index contributed by atoms with van der Waals surface area (Å²) in [6, 6.07) is 1.00. The van der Waals surface area contributed by atoms with E-state index in [-0.39, 0.29) is 5.92 Å². The number of nitrogens with zero attached hydrogens (tertiary/aromatic N) is 3. The Hall–Kier alpha value is -1.59. The van der Waals surface area contributed by atoms with Crippen LogP contribution in [0.5, 0.6) is 0 Å². The third kappa shape index (κ3) is 2.07. The summed E-state index contributed by atoms with van der Waals surface area (Å²) in [6.45, 7) is 4.02. The molecule has 3 nitrogen and oxygen atoms in total. The van der Waals surface area contributed by atoms with Crippen molar-refractivity contribution in [1.29, 1.82) is 0 Å². The van der Waals surface area contributed by atoms with E-state index < -0.39 is 11.9 Å². The van der Waals surface area contributed by atoms with Gasteiger partial charge in [-0.25, -0.2) is 9.97 Å². The largest absolute Gasteiger partial charge is 0.433 e. The molecule has 0 bridgehead atoms. The predicted octanol–water partition coefficient (Wildman–Crippen LogP) is 3.50. The fourth-order valence-corrected chi connectivity index (χ4v) is 1.89. The molecule has 18 heavy (non-hydrogen) atoms. The highest BCUT2D eigenvalue weighted by Gasteiger charge is 2.33. The standard InChI is InChI=1S/C12H14F3N3/c1-4-7(2)11-17-8-5-10(12(13,14)15)16-6-9(8)18(11)3/h5-7H,4H2,1-3H3/t7-/m0/s1. The van der Waals surface area contributed by atoms with E-state index in [1.54, 1.807) is 11.6 Å². The number of aryl methyl sites for hydroxylation is 1. The number of halogens is 3. The van der Waals surface area contributed by atoms with Crippen molar-refractivity contribution in [1.82, 2.24) is 14.5 Å². The lowest BCUT2D eigenvalue weighted by Crippen LogP contribution is -2.07. The van der Waals surface area contributed by atoms with Gasteiger partial charge in [0, 0.05) is 13.0 Å². The number of pyridine rings is 1. The molecule has 0 unspecified atom stereocenters. The van der Waals surface area contributed by atoms with Crippen LogP contribution in [0, 0.1) is 0 Å². The van der Waals surface area contributed by atoms with Gasteiger partial charge in [0.25, 0.3) is 0 Å². The molecule has 0 saturated carbocycles. The molecule has 2 aromatic rings. The first-order valence-electron chi connectivity index (χ1n) is 5.74. The van der Waals surface area contributed by atoms with E-state index in [0.29, 0.717) is 11.0 Å². The van der Waals surface area contributed by atoms with E-state index in [1.807, 2.05) is 13.8 Å². The highest BCUT2D eigenvalue weighted by atomic mass is 19.4. The Labute approximate surface area is 103 Å². The monoisotopic (exact) mass is 257 g/mol. The minimum Gasteiger partial charge on any atom is -0.330 e. The zero-order valence-electron chi connectivity index (χ0n) is 10.4. The summed E-state index contributed by atoms with van der Waals surface area (Å²) in [5.74, 6) is 0.991. The first-order valence-corrected chi connectivity index (χ1v) is 5.74. The molecule has 0 radical (unpaired) electrons. The Bertz CT molecular complexity index is 572. The van der Waals surface area contributed by atoms with Gasteiger partial charge in [-0.2, -0.15) is 13.2 Å². The molecule has 0 aliphatic carbocycles. The zero-order valence-corrected chi connectivity index (χ0v) is 10.4. The molecule has 2 rings (SSSR count). The lowest BCUT2D eigenvalue weighted by atomic mass is 10.1. The van der Waals surface area contributed by atoms with Crippen LogP contribution in [0.1, 0.15) is 37.7 Å². The molecule has 0 aliphatic rings. The first kappa shape index (κ1) is 12.9. The van der Waals surface area contributed by atoms with Gasteiger partial charge in [0.15, 0.2) is 0 Å². The summed E-state index contributed by atoms with van der Waals surface area (Å²) in [4.78, 5) is 7.73. The quantitative estimate of drug-likeness (QED) is 0.824. The summed E-state index contributed by atoms with van der Waals surface area (Å²) in [5, 5.41) is 0. The SMILES string of the molecule is CC[C@H](C)c1nc2cc(C(F)(F)F)ncc2n1C. The third-order valence-electron chi connectivity index (χ3n) is 3.15. The van der Waals surface area contributed by atoms with Crippen LogP contribution in [0.15, 0.2) is 12.3 Å². The highest BCUT2D eigenvalue weighted by molar-refractivity contribution is 5.75. The first-order chi connectivity index (χ1) is 8.34. The maximum Gasteiger partial charge on any atom is 0.433 e. The molecule has 98 valence electrons. The van der Waals surface area contributed by atoms with Crippen molar-refractivity contribution in [2.45, 2.75) is 32.4 Å². The second-order valence-corrected chi connectivity index (χ2v) is 4.39. The van der Waals surface area contributed by atoms with E-state index in [0.717, 1.165) is 18.3 Å². The molecule has 2 aromatic heterocycles. The summed E-state index contributed by atoms with van der Waals surface area (Å²) in [6.07, 6.45) is -2.31. The summed E-state index contributed by atoms with van der Waals surface area (Å²) >= 11 is 0. The topological polar surface area (TPSA) is 30.7 Å². The van der Waals surface area contributed by atoms with Crippen LogP contribution in [0.3, 0.4) is 0 Å². The minimum absolute atomic E-state index is 0.205. The van der Waals surface area contributed by atoms with Crippen molar-refractivity contribution in [3.8, 4) is 0 Å². The molecule has 0 saturated heterocycles. The number of aromatic nitrogens is 3. The fourth-order valence-electron chi connectivity index (χ4n) is 1.89. The van der Waals surface area contributed by atoms with Crippen molar-refractivity contribution < 1.29 is 13.2 Å². The molecule has 0 amide bonds. The van der Waals surface area contributed by atoms with Gasteiger partial charge in [-0.1, -0.05) is 13.8 Å². The third-order valence-corrected chi connectivity index (χ3v) is 3.15. The smallest absolute Gasteiger partial charge is 0.330 e. The number of hydrogen-bond acceptors (Lipinski definition) is 2. The van der Waals surface area contributed by atoms with Gasteiger partial charge < -0.3 is 4.57 Å². The Kier molecular flexibility index (Phi) is 3.04. The molecule has 0 aromatic carbocycles. The molecular weight excluding hydrogens is 243 g/mol. The average Bonchev–Trinajstić information content (AvgIpc) is 2.64. The zero-order chi connectivity index (χ0) is 13.5. The van der Waals surface area contributed by atoms with Crippen LogP contribution in [-0.4, -0.2) is 14.5 Å². The maximum atomic E-state index is 12.6. The van der Waals surface area contributed by atoms with Gasteiger partial charge >= 0.3 is 6.18 Å². The molecule has 0 spiro atoms. The van der Waals surface area contributed by atoms with Crippen LogP contribution in [0.25, 0.3) is 11.0 Å². The van der Waals surface area contributed by atoms with E-state index in [1.165, 1.54) is 6.20 Å². The number of alkyl halides is 3. The van der Waals surface area contributed by atoms with Crippen LogP contribution >= 0.6 is 0 Å². The van der Waals surface area contributed by atoms with Crippen molar-refractivity contribution in [2.75, 3.05) is 0 Å².